The summed E-state index contributed by atoms with van der Waals surface area (Å²) in [5.41, 5.74) is 8.99. The summed E-state index contributed by atoms with van der Waals surface area (Å²) in [5, 5.41) is 0. The Bertz CT molecular complexity index is 402. The van der Waals surface area contributed by atoms with E-state index in [0.29, 0.717) is 5.92 Å². The fourth-order valence-electron chi connectivity index (χ4n) is 3.36. The fraction of sp³-hybridized carbons (Fsp3) is 0.667. The molecule has 2 nitrogen and oxygen atoms in total. The number of methoxy groups -OCH3 is 1. The van der Waals surface area contributed by atoms with E-state index in [1.165, 1.54) is 36.8 Å². The minimum Gasteiger partial charge on any atom is -0.376 e. The molecule has 0 amide bonds. The van der Waals surface area contributed by atoms with Gasteiger partial charge in [0.05, 0.1) is 11.6 Å². The monoisotopic (exact) mass is 275 g/mol. The highest BCUT2D eigenvalue weighted by Crippen LogP contribution is 2.39. The Balaban J connectivity index is 2.20. The SMILES string of the molecule is COC1(C(N)c2ccc(C(C)C)cc2)CCCCCC1. The van der Waals surface area contributed by atoms with Crippen LogP contribution in [-0.2, 0) is 4.74 Å². The van der Waals surface area contributed by atoms with Crippen LogP contribution in [0.3, 0.4) is 0 Å². The van der Waals surface area contributed by atoms with Gasteiger partial charge in [-0.2, -0.15) is 0 Å². The van der Waals surface area contributed by atoms with Gasteiger partial charge in [0.25, 0.3) is 0 Å². The van der Waals surface area contributed by atoms with Crippen molar-refractivity contribution < 1.29 is 4.74 Å². The highest BCUT2D eigenvalue weighted by atomic mass is 16.5. The van der Waals surface area contributed by atoms with Crippen molar-refractivity contribution in [3.05, 3.63) is 35.4 Å². The first-order chi connectivity index (χ1) is 9.59. The zero-order chi connectivity index (χ0) is 14.6. The van der Waals surface area contributed by atoms with Crippen LogP contribution in [0.25, 0.3) is 0 Å². The molecule has 0 aromatic heterocycles. The first-order valence-corrected chi connectivity index (χ1v) is 7.99. The lowest BCUT2D eigenvalue weighted by Crippen LogP contribution is -2.42. The molecule has 0 heterocycles. The van der Waals surface area contributed by atoms with E-state index in [4.69, 9.17) is 10.5 Å². The quantitative estimate of drug-likeness (QED) is 0.818. The topological polar surface area (TPSA) is 35.2 Å². The summed E-state index contributed by atoms with van der Waals surface area (Å²) in [6.45, 7) is 4.44. The largest absolute Gasteiger partial charge is 0.376 e. The Morgan fingerprint density at radius 2 is 1.45 bits per heavy atom. The Kier molecular flexibility index (Phi) is 5.22. The van der Waals surface area contributed by atoms with Gasteiger partial charge in [-0.15, -0.1) is 0 Å². The molecule has 1 atom stereocenters. The summed E-state index contributed by atoms with van der Waals surface area (Å²) < 4.78 is 5.93. The highest BCUT2D eigenvalue weighted by Gasteiger charge is 2.37. The van der Waals surface area contributed by atoms with Gasteiger partial charge in [-0.1, -0.05) is 63.8 Å². The highest BCUT2D eigenvalue weighted by molar-refractivity contribution is 5.28. The first-order valence-electron chi connectivity index (χ1n) is 7.99. The van der Waals surface area contributed by atoms with Crippen molar-refractivity contribution in [2.24, 2.45) is 5.73 Å². The van der Waals surface area contributed by atoms with Crippen molar-refractivity contribution in [1.29, 1.82) is 0 Å². The summed E-state index contributed by atoms with van der Waals surface area (Å²) in [6, 6.07) is 8.77. The van der Waals surface area contributed by atoms with Crippen LogP contribution in [0.4, 0.5) is 0 Å². The standard InChI is InChI=1S/C18H29NO/c1-14(2)15-8-10-16(11-9-15)17(19)18(20-3)12-6-4-5-7-13-18/h8-11,14,17H,4-7,12-13,19H2,1-3H3. The van der Waals surface area contributed by atoms with Gasteiger partial charge in [0, 0.05) is 7.11 Å². The molecule has 0 aliphatic heterocycles. The molecule has 1 aliphatic rings. The number of hydrogen-bond donors (Lipinski definition) is 1. The van der Waals surface area contributed by atoms with E-state index in [9.17, 15) is 0 Å². The molecule has 1 unspecified atom stereocenters. The van der Waals surface area contributed by atoms with Crippen LogP contribution >= 0.6 is 0 Å². The van der Waals surface area contributed by atoms with Crippen molar-refractivity contribution in [3.63, 3.8) is 0 Å². The van der Waals surface area contributed by atoms with Crippen LogP contribution < -0.4 is 5.73 Å². The number of benzene rings is 1. The lowest BCUT2D eigenvalue weighted by atomic mass is 9.82. The smallest absolute Gasteiger partial charge is 0.0870 e. The van der Waals surface area contributed by atoms with Crippen LogP contribution in [0, 0.1) is 0 Å². The Hall–Kier alpha value is -0.860. The Morgan fingerprint density at radius 1 is 0.950 bits per heavy atom. The molecule has 1 aromatic rings. The van der Waals surface area contributed by atoms with Crippen LogP contribution in [-0.4, -0.2) is 12.7 Å². The summed E-state index contributed by atoms with van der Waals surface area (Å²) in [4.78, 5) is 0. The predicted octanol–water partition coefficient (Wildman–Crippen LogP) is 4.55. The van der Waals surface area contributed by atoms with Gasteiger partial charge in [-0.25, -0.2) is 0 Å². The molecule has 0 spiro atoms. The van der Waals surface area contributed by atoms with Crippen LogP contribution in [0.15, 0.2) is 24.3 Å². The average molecular weight is 275 g/mol. The molecule has 2 N–H and O–H groups in total. The summed E-state index contributed by atoms with van der Waals surface area (Å²) >= 11 is 0. The molecule has 20 heavy (non-hydrogen) atoms. The molecule has 1 saturated carbocycles. The van der Waals surface area contributed by atoms with Crippen molar-refractivity contribution in [2.45, 2.75) is 69.9 Å². The lowest BCUT2D eigenvalue weighted by molar-refractivity contribution is -0.0442. The van der Waals surface area contributed by atoms with Crippen LogP contribution in [0.2, 0.25) is 0 Å². The van der Waals surface area contributed by atoms with E-state index in [1.54, 1.807) is 0 Å². The van der Waals surface area contributed by atoms with E-state index in [0.717, 1.165) is 12.8 Å². The molecular weight excluding hydrogens is 246 g/mol. The number of hydrogen-bond acceptors (Lipinski definition) is 2. The molecule has 0 saturated heterocycles. The second-order valence-corrected chi connectivity index (χ2v) is 6.48. The van der Waals surface area contributed by atoms with Gasteiger partial charge in [0.1, 0.15) is 0 Å². The predicted molar refractivity (Wildman–Crippen MR) is 84.9 cm³/mol. The zero-order valence-corrected chi connectivity index (χ0v) is 13.2. The summed E-state index contributed by atoms with van der Waals surface area (Å²) in [5.74, 6) is 0.564. The zero-order valence-electron chi connectivity index (χ0n) is 13.2. The number of rotatable bonds is 4. The number of nitrogens with two attached hydrogens (primary N) is 1. The maximum Gasteiger partial charge on any atom is 0.0870 e. The van der Waals surface area contributed by atoms with Crippen LogP contribution in [0.5, 0.6) is 0 Å². The van der Waals surface area contributed by atoms with Crippen molar-refractivity contribution in [1.82, 2.24) is 0 Å². The van der Waals surface area contributed by atoms with Gasteiger partial charge in [-0.3, -0.25) is 0 Å². The van der Waals surface area contributed by atoms with Crippen molar-refractivity contribution in [3.8, 4) is 0 Å². The van der Waals surface area contributed by atoms with Gasteiger partial charge >= 0.3 is 0 Å². The molecule has 0 radical (unpaired) electrons. The summed E-state index contributed by atoms with van der Waals surface area (Å²) in [7, 11) is 1.83. The van der Waals surface area contributed by atoms with Crippen LogP contribution in [0.1, 0.15) is 75.5 Å². The second kappa shape index (κ2) is 6.73. The van der Waals surface area contributed by atoms with E-state index < -0.39 is 0 Å². The molecule has 112 valence electrons. The molecule has 1 aliphatic carbocycles. The third-order valence-corrected chi connectivity index (χ3v) is 4.89. The summed E-state index contributed by atoms with van der Waals surface area (Å²) in [6.07, 6.45) is 7.23. The first kappa shape index (κ1) is 15.5. The van der Waals surface area contributed by atoms with Gasteiger partial charge < -0.3 is 10.5 Å². The molecule has 2 rings (SSSR count). The third-order valence-electron chi connectivity index (χ3n) is 4.89. The molecule has 1 fully saturated rings. The van der Waals surface area contributed by atoms with E-state index >= 15 is 0 Å². The molecule has 1 aromatic carbocycles. The van der Waals surface area contributed by atoms with Gasteiger partial charge in [-0.05, 0) is 29.9 Å². The van der Waals surface area contributed by atoms with Crippen molar-refractivity contribution >= 4 is 0 Å². The number of ether oxygens (including phenoxy) is 1. The fourth-order valence-corrected chi connectivity index (χ4v) is 3.36. The minimum atomic E-state index is -0.171. The Morgan fingerprint density at radius 3 is 1.90 bits per heavy atom. The maximum atomic E-state index is 6.59. The Labute approximate surface area is 123 Å². The van der Waals surface area contributed by atoms with E-state index in [-0.39, 0.29) is 11.6 Å². The van der Waals surface area contributed by atoms with Gasteiger partial charge in [0.15, 0.2) is 0 Å². The van der Waals surface area contributed by atoms with Gasteiger partial charge in [0.2, 0.25) is 0 Å². The third kappa shape index (κ3) is 3.24. The lowest BCUT2D eigenvalue weighted by Gasteiger charge is -2.37. The van der Waals surface area contributed by atoms with E-state index in [1.807, 2.05) is 7.11 Å². The molecule has 0 bridgehead atoms. The van der Waals surface area contributed by atoms with E-state index in [2.05, 4.69) is 38.1 Å². The molecule has 2 heteroatoms. The maximum absolute atomic E-state index is 6.59. The van der Waals surface area contributed by atoms with Crippen molar-refractivity contribution in [2.75, 3.05) is 7.11 Å². The average Bonchev–Trinajstić information content (AvgIpc) is 2.73. The minimum absolute atomic E-state index is 0.0215. The normalized spacial score (nSPS) is 20.6. The molecular formula is C18H29NO. The second-order valence-electron chi connectivity index (χ2n) is 6.48.